The maximum absolute atomic E-state index is 14.7. The fourth-order valence-electron chi connectivity index (χ4n) is 4.13. The minimum atomic E-state index is -0.857. The Kier molecular flexibility index (Phi) is 7.73. The number of tetrazole rings is 1. The first-order valence-electron chi connectivity index (χ1n) is 11.2. The normalized spacial score (nSPS) is 18.6. The zero-order valence-corrected chi connectivity index (χ0v) is 19.0. The molecule has 1 aliphatic rings. The van der Waals surface area contributed by atoms with Crippen molar-refractivity contribution in [2.45, 2.75) is 56.5 Å². The Morgan fingerprint density at radius 2 is 1.81 bits per heavy atom. The molecule has 0 spiro atoms. The third-order valence-electron chi connectivity index (χ3n) is 6.01. The smallest absolute Gasteiger partial charge is 0.214 e. The third kappa shape index (κ3) is 5.28. The molecule has 8 heteroatoms. The number of hydrogen-bond acceptors (Lipinski definition) is 5. The molecule has 5 nitrogen and oxygen atoms in total. The Hall–Kier alpha value is -2.48. The molecule has 0 atom stereocenters. The molecule has 1 aliphatic carbocycles. The first-order valence-corrected chi connectivity index (χ1v) is 12.2. The first kappa shape index (κ1) is 22.7. The van der Waals surface area contributed by atoms with Gasteiger partial charge in [0.25, 0.3) is 0 Å². The zero-order chi connectivity index (χ0) is 22.3. The van der Waals surface area contributed by atoms with Gasteiger partial charge in [0.1, 0.15) is 0 Å². The number of hydrogen-bond donors (Lipinski definition) is 0. The van der Waals surface area contributed by atoms with Crippen molar-refractivity contribution in [3.05, 3.63) is 59.7 Å². The van der Waals surface area contributed by atoms with Crippen LogP contribution in [0.2, 0.25) is 0 Å². The number of benzene rings is 2. The van der Waals surface area contributed by atoms with Crippen LogP contribution < -0.4 is 4.74 Å². The Labute approximate surface area is 191 Å². The molecule has 0 amide bonds. The van der Waals surface area contributed by atoms with Crippen LogP contribution in [0.4, 0.5) is 8.78 Å². The fraction of sp³-hybridized carbons (Fsp3) is 0.458. The Morgan fingerprint density at radius 1 is 1.03 bits per heavy atom. The summed E-state index contributed by atoms with van der Waals surface area (Å²) in [4.78, 5) is 0. The van der Waals surface area contributed by atoms with Gasteiger partial charge in [-0.2, -0.15) is 9.07 Å². The lowest BCUT2D eigenvalue weighted by Gasteiger charge is -2.29. The van der Waals surface area contributed by atoms with Gasteiger partial charge < -0.3 is 4.74 Å². The number of thioether (sulfide) groups is 1. The summed E-state index contributed by atoms with van der Waals surface area (Å²) in [7, 11) is 0. The summed E-state index contributed by atoms with van der Waals surface area (Å²) in [6, 6.07) is 13.1. The van der Waals surface area contributed by atoms with E-state index in [0.29, 0.717) is 18.1 Å². The molecule has 4 rings (SSSR count). The highest BCUT2D eigenvalue weighted by molar-refractivity contribution is 7.99. The van der Waals surface area contributed by atoms with Gasteiger partial charge in [0.2, 0.25) is 11.0 Å². The van der Waals surface area contributed by atoms with Crippen molar-refractivity contribution in [3.8, 4) is 11.4 Å². The van der Waals surface area contributed by atoms with E-state index in [1.165, 1.54) is 0 Å². The molecular formula is C24H28F2N4OS. The summed E-state index contributed by atoms with van der Waals surface area (Å²) in [6.07, 6.45) is 5.41. The van der Waals surface area contributed by atoms with E-state index in [0.717, 1.165) is 55.1 Å². The lowest BCUT2D eigenvalue weighted by molar-refractivity contribution is 0.286. The minimum absolute atomic E-state index is 0.0147. The van der Waals surface area contributed by atoms with Crippen LogP contribution in [0, 0.1) is 17.6 Å². The molecule has 0 bridgehead atoms. The molecule has 0 N–H and O–H groups in total. The second-order valence-electron chi connectivity index (χ2n) is 8.22. The number of nitrogens with zero attached hydrogens (tertiary/aromatic N) is 4. The fourth-order valence-corrected chi connectivity index (χ4v) is 5.21. The highest BCUT2D eigenvalue weighted by atomic mass is 32.2. The largest absolute Gasteiger partial charge is 0.490 e. The van der Waals surface area contributed by atoms with Gasteiger partial charge in [0.05, 0.1) is 12.3 Å². The summed E-state index contributed by atoms with van der Waals surface area (Å²) in [6.45, 7) is 2.44. The van der Waals surface area contributed by atoms with Crippen LogP contribution >= 0.6 is 11.8 Å². The van der Waals surface area contributed by atoms with Crippen molar-refractivity contribution in [1.29, 1.82) is 0 Å². The molecule has 0 saturated heterocycles. The Bertz CT molecular complexity index is 1010. The van der Waals surface area contributed by atoms with Gasteiger partial charge in [0, 0.05) is 5.75 Å². The topological polar surface area (TPSA) is 52.8 Å². The lowest BCUT2D eigenvalue weighted by atomic mass is 9.79. The Morgan fingerprint density at radius 3 is 2.56 bits per heavy atom. The van der Waals surface area contributed by atoms with Crippen LogP contribution in [0.1, 0.15) is 56.9 Å². The first-order chi connectivity index (χ1) is 15.7. The second-order valence-corrected chi connectivity index (χ2v) is 9.21. The van der Waals surface area contributed by atoms with Crippen molar-refractivity contribution < 1.29 is 13.5 Å². The number of unbranched alkanes of at least 4 members (excludes halogenated alkanes) is 1. The third-order valence-corrected chi connectivity index (χ3v) is 7.16. The van der Waals surface area contributed by atoms with E-state index >= 15 is 0 Å². The molecule has 170 valence electrons. The van der Waals surface area contributed by atoms with Gasteiger partial charge in [0.15, 0.2) is 11.6 Å². The van der Waals surface area contributed by atoms with E-state index in [-0.39, 0.29) is 11.7 Å². The van der Waals surface area contributed by atoms with Crippen LogP contribution in [0.3, 0.4) is 0 Å². The number of aromatic nitrogens is 4. The van der Waals surface area contributed by atoms with E-state index in [1.54, 1.807) is 28.6 Å². The van der Waals surface area contributed by atoms with E-state index in [4.69, 9.17) is 4.74 Å². The summed E-state index contributed by atoms with van der Waals surface area (Å²) in [5.74, 6) is -0.142. The highest BCUT2D eigenvalue weighted by Gasteiger charge is 2.27. The van der Waals surface area contributed by atoms with E-state index in [2.05, 4.69) is 15.5 Å². The number of halogens is 2. The van der Waals surface area contributed by atoms with Crippen molar-refractivity contribution >= 4 is 11.8 Å². The average molecular weight is 459 g/mol. The molecule has 32 heavy (non-hydrogen) atoms. The summed E-state index contributed by atoms with van der Waals surface area (Å²) in [5, 5.41) is 12.8. The van der Waals surface area contributed by atoms with Crippen molar-refractivity contribution in [1.82, 2.24) is 20.2 Å². The molecule has 0 radical (unpaired) electrons. The van der Waals surface area contributed by atoms with Crippen molar-refractivity contribution in [3.63, 3.8) is 0 Å². The summed E-state index contributed by atoms with van der Waals surface area (Å²) in [5.41, 5.74) is 1.41. The predicted molar refractivity (Wildman–Crippen MR) is 121 cm³/mol. The lowest BCUT2D eigenvalue weighted by Crippen LogP contribution is -2.17. The number of rotatable bonds is 9. The van der Waals surface area contributed by atoms with Crippen molar-refractivity contribution in [2.24, 2.45) is 5.92 Å². The average Bonchev–Trinajstić information content (AvgIpc) is 3.30. The van der Waals surface area contributed by atoms with E-state index < -0.39 is 11.6 Å². The second kappa shape index (κ2) is 10.9. The van der Waals surface area contributed by atoms with Gasteiger partial charge in [-0.3, -0.25) is 0 Å². The zero-order valence-electron chi connectivity index (χ0n) is 18.2. The van der Waals surface area contributed by atoms with E-state index in [1.807, 2.05) is 37.3 Å². The van der Waals surface area contributed by atoms with Gasteiger partial charge in [-0.05, 0) is 78.1 Å². The number of ether oxygens (including phenoxy) is 1. The summed E-state index contributed by atoms with van der Waals surface area (Å²) < 4.78 is 36.3. The van der Waals surface area contributed by atoms with Crippen LogP contribution in [0.25, 0.3) is 5.69 Å². The van der Waals surface area contributed by atoms with Crippen LogP contribution in [-0.2, 0) is 0 Å². The standard InChI is InChI=1S/C24H28F2N4OS/c1-2-3-15-31-21-14-13-20(22(25)23(21)26)18-11-9-17(10-12-18)16-32-24-27-28-29-30(24)19-7-5-4-6-8-19/h4-8,13-14,17-18H,2-3,9-12,15-16H2,1H3. The quantitative estimate of drug-likeness (QED) is 0.283. The maximum Gasteiger partial charge on any atom is 0.214 e. The molecule has 1 heterocycles. The maximum atomic E-state index is 14.7. The van der Waals surface area contributed by atoms with Crippen LogP contribution in [0.15, 0.2) is 47.6 Å². The Balaban J connectivity index is 1.32. The molecule has 0 aliphatic heterocycles. The van der Waals surface area contributed by atoms with Gasteiger partial charge in [-0.1, -0.05) is 49.4 Å². The van der Waals surface area contributed by atoms with Crippen LogP contribution in [0.5, 0.6) is 5.75 Å². The molecule has 1 aromatic heterocycles. The monoisotopic (exact) mass is 458 g/mol. The SMILES string of the molecule is CCCCOc1ccc(C2CCC(CSc3nnnn3-c3ccccc3)CC2)c(F)c1F. The molecule has 0 unspecified atom stereocenters. The molecule has 1 fully saturated rings. The molecule has 3 aromatic rings. The molecule has 2 aromatic carbocycles. The van der Waals surface area contributed by atoms with Crippen molar-refractivity contribution in [2.75, 3.05) is 12.4 Å². The molecule has 1 saturated carbocycles. The predicted octanol–water partition coefficient (Wildman–Crippen LogP) is 6.19. The number of para-hydroxylation sites is 1. The summed E-state index contributed by atoms with van der Waals surface area (Å²) >= 11 is 1.65. The minimum Gasteiger partial charge on any atom is -0.490 e. The van der Waals surface area contributed by atoms with E-state index in [9.17, 15) is 8.78 Å². The molecular weight excluding hydrogens is 430 g/mol. The van der Waals surface area contributed by atoms with Gasteiger partial charge >= 0.3 is 0 Å². The van der Waals surface area contributed by atoms with Gasteiger partial charge in [-0.15, -0.1) is 5.10 Å². The van der Waals surface area contributed by atoms with Gasteiger partial charge in [-0.25, -0.2) is 4.39 Å². The highest BCUT2D eigenvalue weighted by Crippen LogP contribution is 2.40. The van der Waals surface area contributed by atoms with Crippen LogP contribution in [-0.4, -0.2) is 32.6 Å².